The number of carbonyl (C=O) groups is 1. The molecule has 16 heavy (non-hydrogen) atoms. The van der Waals surface area contributed by atoms with E-state index in [-0.39, 0.29) is 18.3 Å². The standard InChI is InChI=1S/C10H14N2O2S.ClH/c1-7-6-15-10(11-7)12-4-2-8(3-5-12)9(13)14;/h6,8H,2-5H2,1H3,(H,13,14);1H. The van der Waals surface area contributed by atoms with E-state index in [1.165, 1.54) is 0 Å². The Balaban J connectivity index is 0.00000128. The SMILES string of the molecule is Cc1csc(N2CCC(C(=O)O)CC2)n1.Cl. The molecule has 0 aromatic carbocycles. The number of aromatic nitrogens is 1. The molecule has 1 N–H and O–H groups in total. The third-order valence-corrected chi connectivity index (χ3v) is 3.74. The van der Waals surface area contributed by atoms with Crippen molar-refractivity contribution in [2.45, 2.75) is 19.8 Å². The number of nitrogens with zero attached hydrogens (tertiary/aromatic N) is 2. The van der Waals surface area contributed by atoms with Gasteiger partial charge in [-0.15, -0.1) is 23.7 Å². The molecule has 4 nitrogen and oxygen atoms in total. The Labute approximate surface area is 105 Å². The molecule has 0 unspecified atom stereocenters. The highest BCUT2D eigenvalue weighted by Crippen LogP contribution is 2.25. The molecule has 0 aliphatic carbocycles. The summed E-state index contributed by atoms with van der Waals surface area (Å²) in [5, 5.41) is 11.9. The average molecular weight is 263 g/mol. The van der Waals surface area contributed by atoms with Gasteiger partial charge in [0.05, 0.1) is 11.6 Å². The van der Waals surface area contributed by atoms with E-state index in [0.717, 1.165) is 36.8 Å². The Kier molecular flexibility index (Phi) is 4.56. The van der Waals surface area contributed by atoms with Gasteiger partial charge in [-0.2, -0.15) is 0 Å². The third-order valence-electron chi connectivity index (χ3n) is 2.72. The van der Waals surface area contributed by atoms with Crippen molar-refractivity contribution >= 4 is 34.8 Å². The molecule has 1 aliphatic rings. The molecule has 2 rings (SSSR count). The number of hydrogen-bond acceptors (Lipinski definition) is 4. The summed E-state index contributed by atoms with van der Waals surface area (Å²) in [5.74, 6) is -0.827. The number of aliphatic carboxylic acids is 1. The van der Waals surface area contributed by atoms with Gasteiger partial charge < -0.3 is 10.0 Å². The molecular weight excluding hydrogens is 248 g/mol. The topological polar surface area (TPSA) is 53.4 Å². The second-order valence-corrected chi connectivity index (χ2v) is 4.71. The van der Waals surface area contributed by atoms with Gasteiger partial charge in [0.25, 0.3) is 0 Å². The van der Waals surface area contributed by atoms with Crippen LogP contribution in [0.4, 0.5) is 5.13 Å². The average Bonchev–Trinajstić information content (AvgIpc) is 2.65. The lowest BCUT2D eigenvalue weighted by Gasteiger charge is -2.29. The summed E-state index contributed by atoms with van der Waals surface area (Å²) in [6.45, 7) is 3.60. The Bertz CT molecular complexity index is 361. The summed E-state index contributed by atoms with van der Waals surface area (Å²) in [6, 6.07) is 0. The minimum absolute atomic E-state index is 0. The van der Waals surface area contributed by atoms with Crippen LogP contribution >= 0.6 is 23.7 Å². The number of piperidine rings is 1. The molecule has 0 amide bonds. The van der Waals surface area contributed by atoms with Crippen LogP contribution in [0, 0.1) is 12.8 Å². The van der Waals surface area contributed by atoms with E-state index in [1.807, 2.05) is 12.3 Å². The van der Waals surface area contributed by atoms with Crippen molar-refractivity contribution in [3.05, 3.63) is 11.1 Å². The van der Waals surface area contributed by atoms with Crippen molar-refractivity contribution < 1.29 is 9.90 Å². The van der Waals surface area contributed by atoms with Crippen LogP contribution in [0.2, 0.25) is 0 Å². The fourth-order valence-electron chi connectivity index (χ4n) is 1.80. The number of halogens is 1. The molecule has 1 fully saturated rings. The molecule has 1 aromatic rings. The molecule has 2 heterocycles. The molecule has 90 valence electrons. The van der Waals surface area contributed by atoms with Crippen LogP contribution in [0.1, 0.15) is 18.5 Å². The lowest BCUT2D eigenvalue weighted by atomic mass is 9.98. The van der Waals surface area contributed by atoms with E-state index in [9.17, 15) is 4.79 Å². The fourth-order valence-corrected chi connectivity index (χ4v) is 2.66. The Morgan fingerprint density at radius 1 is 1.56 bits per heavy atom. The van der Waals surface area contributed by atoms with Crippen LogP contribution in [0.5, 0.6) is 0 Å². The molecule has 1 saturated heterocycles. The quantitative estimate of drug-likeness (QED) is 0.888. The summed E-state index contributed by atoms with van der Waals surface area (Å²) < 4.78 is 0. The number of carboxylic acid groups (broad SMARTS) is 1. The lowest BCUT2D eigenvalue weighted by molar-refractivity contribution is -0.142. The monoisotopic (exact) mass is 262 g/mol. The van der Waals surface area contributed by atoms with Gasteiger partial charge in [0, 0.05) is 18.5 Å². The molecule has 0 bridgehead atoms. The van der Waals surface area contributed by atoms with Crippen LogP contribution < -0.4 is 4.90 Å². The minimum Gasteiger partial charge on any atom is -0.481 e. The maximum Gasteiger partial charge on any atom is 0.306 e. The fraction of sp³-hybridized carbons (Fsp3) is 0.600. The number of thiazole rings is 1. The van der Waals surface area contributed by atoms with Crippen molar-refractivity contribution in [3.63, 3.8) is 0 Å². The van der Waals surface area contributed by atoms with Crippen LogP contribution in [-0.4, -0.2) is 29.1 Å². The van der Waals surface area contributed by atoms with Crippen LogP contribution in [0.25, 0.3) is 0 Å². The van der Waals surface area contributed by atoms with Gasteiger partial charge in [-0.25, -0.2) is 4.98 Å². The van der Waals surface area contributed by atoms with E-state index >= 15 is 0 Å². The zero-order valence-electron chi connectivity index (χ0n) is 9.05. The first kappa shape index (κ1) is 13.3. The van der Waals surface area contributed by atoms with E-state index in [2.05, 4.69) is 9.88 Å². The van der Waals surface area contributed by atoms with Crippen molar-refractivity contribution in [2.24, 2.45) is 5.92 Å². The van der Waals surface area contributed by atoms with Gasteiger partial charge in [-0.3, -0.25) is 4.79 Å². The highest BCUT2D eigenvalue weighted by molar-refractivity contribution is 7.13. The first-order valence-electron chi connectivity index (χ1n) is 5.06. The number of carboxylic acids is 1. The van der Waals surface area contributed by atoms with Gasteiger partial charge >= 0.3 is 5.97 Å². The van der Waals surface area contributed by atoms with Crippen LogP contribution in [0.15, 0.2) is 5.38 Å². The molecule has 0 radical (unpaired) electrons. The number of aryl methyl sites for hydroxylation is 1. The zero-order chi connectivity index (χ0) is 10.8. The van der Waals surface area contributed by atoms with E-state index in [1.54, 1.807) is 11.3 Å². The van der Waals surface area contributed by atoms with Crippen molar-refractivity contribution in [2.75, 3.05) is 18.0 Å². The highest BCUT2D eigenvalue weighted by atomic mass is 35.5. The minimum atomic E-state index is -0.662. The summed E-state index contributed by atoms with van der Waals surface area (Å²) in [6.07, 6.45) is 1.46. The largest absolute Gasteiger partial charge is 0.481 e. The summed E-state index contributed by atoms with van der Waals surface area (Å²) in [7, 11) is 0. The van der Waals surface area contributed by atoms with E-state index < -0.39 is 5.97 Å². The number of anilines is 1. The van der Waals surface area contributed by atoms with E-state index in [4.69, 9.17) is 5.11 Å². The Morgan fingerprint density at radius 2 is 2.19 bits per heavy atom. The molecule has 1 aromatic heterocycles. The van der Waals surface area contributed by atoms with Gasteiger partial charge in [0.2, 0.25) is 0 Å². The van der Waals surface area contributed by atoms with E-state index in [0.29, 0.717) is 0 Å². The smallest absolute Gasteiger partial charge is 0.306 e. The number of rotatable bonds is 2. The predicted octanol–water partition coefficient (Wildman–Crippen LogP) is 2.17. The highest BCUT2D eigenvalue weighted by Gasteiger charge is 2.25. The molecular formula is C10H15ClN2O2S. The molecule has 6 heteroatoms. The second-order valence-electron chi connectivity index (χ2n) is 3.87. The maximum absolute atomic E-state index is 10.8. The molecule has 1 aliphatic heterocycles. The maximum atomic E-state index is 10.8. The van der Waals surface area contributed by atoms with Crippen molar-refractivity contribution in [1.29, 1.82) is 0 Å². The van der Waals surface area contributed by atoms with Crippen molar-refractivity contribution in [1.82, 2.24) is 4.98 Å². The Morgan fingerprint density at radius 3 is 2.62 bits per heavy atom. The van der Waals surface area contributed by atoms with Gasteiger partial charge in [0.1, 0.15) is 0 Å². The molecule has 0 atom stereocenters. The zero-order valence-corrected chi connectivity index (χ0v) is 10.7. The summed E-state index contributed by atoms with van der Waals surface area (Å²) in [5.41, 5.74) is 1.04. The lowest BCUT2D eigenvalue weighted by Crippen LogP contribution is -2.36. The number of hydrogen-bond donors (Lipinski definition) is 1. The van der Waals surface area contributed by atoms with Crippen LogP contribution in [-0.2, 0) is 4.79 Å². The van der Waals surface area contributed by atoms with Crippen molar-refractivity contribution in [3.8, 4) is 0 Å². The molecule has 0 spiro atoms. The third kappa shape index (κ3) is 2.86. The van der Waals surface area contributed by atoms with Gasteiger partial charge in [-0.05, 0) is 19.8 Å². The molecule has 0 saturated carbocycles. The normalized spacial score (nSPS) is 16.9. The predicted molar refractivity (Wildman–Crippen MR) is 66.7 cm³/mol. The van der Waals surface area contributed by atoms with Gasteiger partial charge in [-0.1, -0.05) is 0 Å². The first-order chi connectivity index (χ1) is 7.16. The second kappa shape index (κ2) is 5.50. The first-order valence-corrected chi connectivity index (χ1v) is 5.94. The Hall–Kier alpha value is -0.810. The summed E-state index contributed by atoms with van der Waals surface area (Å²) in [4.78, 5) is 17.3. The summed E-state index contributed by atoms with van der Waals surface area (Å²) >= 11 is 1.63. The van der Waals surface area contributed by atoms with Gasteiger partial charge in [0.15, 0.2) is 5.13 Å². The van der Waals surface area contributed by atoms with Crippen LogP contribution in [0.3, 0.4) is 0 Å².